The van der Waals surface area contributed by atoms with E-state index in [4.69, 9.17) is 22.1 Å². The fourth-order valence-electron chi connectivity index (χ4n) is 2.81. The van der Waals surface area contributed by atoms with Crippen LogP contribution in [0.4, 0.5) is 0 Å². The molecule has 0 heterocycles. The van der Waals surface area contributed by atoms with E-state index < -0.39 is 20.8 Å². The van der Waals surface area contributed by atoms with Crippen LogP contribution in [0.3, 0.4) is 0 Å². The Morgan fingerprint density at radius 2 is 0.828 bits per heavy atom. The van der Waals surface area contributed by atoms with Crippen molar-refractivity contribution in [2.45, 2.75) is 110 Å². The van der Waals surface area contributed by atoms with Crippen LogP contribution in [-0.2, 0) is 25.0 Å². The van der Waals surface area contributed by atoms with Gasteiger partial charge in [-0.15, -0.1) is 0 Å². The van der Waals surface area contributed by atoms with Crippen molar-refractivity contribution in [3.05, 3.63) is 0 Å². The predicted molar refractivity (Wildman–Crippen MR) is 112 cm³/mol. The molecule has 0 saturated heterocycles. The van der Waals surface area contributed by atoms with Crippen LogP contribution in [0.15, 0.2) is 0 Å². The van der Waals surface area contributed by atoms with Crippen LogP contribution in [0.1, 0.15) is 111 Å². The second-order valence-corrected chi connectivity index (χ2v) is 8.99. The van der Waals surface area contributed by atoms with Crippen molar-refractivity contribution in [1.29, 1.82) is 0 Å². The minimum atomic E-state index is -4.67. The van der Waals surface area contributed by atoms with Crippen LogP contribution in [-0.4, -0.2) is 37.1 Å². The molecule has 174 valence electrons. The van der Waals surface area contributed by atoms with Crippen LogP contribution >= 0.6 is 0 Å². The van der Waals surface area contributed by atoms with Gasteiger partial charge < -0.3 is 1.43 Å². The number of unbranched alkanes of at least 4 members (excludes halogenated alkanes) is 15. The van der Waals surface area contributed by atoms with E-state index in [9.17, 15) is 8.42 Å². The van der Waals surface area contributed by atoms with Crippen LogP contribution in [0.25, 0.3) is 0 Å². The Balaban J connectivity index is -0.000000429. The Hall–Kier alpha value is 0.740. The van der Waals surface area contributed by atoms with Crippen LogP contribution in [0.5, 0.6) is 0 Å². The van der Waals surface area contributed by atoms with E-state index in [0.29, 0.717) is 6.42 Å². The Kier molecular flexibility index (Phi) is 27.7. The maximum Gasteiger partial charge on any atom is 1.00 e. The van der Waals surface area contributed by atoms with Crippen molar-refractivity contribution in [2.75, 3.05) is 6.61 Å². The molecular formula is C18H41NaO8S2. The summed E-state index contributed by atoms with van der Waals surface area (Å²) >= 11 is 0. The van der Waals surface area contributed by atoms with Crippen molar-refractivity contribution in [2.24, 2.45) is 0 Å². The Morgan fingerprint density at radius 1 is 0.586 bits per heavy atom. The molecule has 0 radical (unpaired) electrons. The average molecular weight is 473 g/mol. The molecule has 3 N–H and O–H groups in total. The summed E-state index contributed by atoms with van der Waals surface area (Å²) in [5.74, 6) is 0. The number of hydrogen-bond donors (Lipinski definition) is 3. The minimum Gasteiger partial charge on any atom is -1.00 e. The molecule has 0 unspecified atom stereocenters. The molecule has 29 heavy (non-hydrogen) atoms. The van der Waals surface area contributed by atoms with E-state index in [-0.39, 0.29) is 37.6 Å². The van der Waals surface area contributed by atoms with Gasteiger partial charge in [-0.25, -0.2) is 4.18 Å². The summed E-state index contributed by atoms with van der Waals surface area (Å²) in [6.07, 6.45) is 20.5. The number of rotatable bonds is 18. The second-order valence-electron chi connectivity index (χ2n) is 7.00. The molecule has 0 saturated carbocycles. The zero-order valence-corrected chi connectivity index (χ0v) is 21.9. The third kappa shape index (κ3) is 47.8. The summed E-state index contributed by atoms with van der Waals surface area (Å²) in [6.45, 7) is 2.36. The molecule has 0 rings (SSSR count). The first-order valence-corrected chi connectivity index (χ1v) is 13.1. The molecule has 0 aromatic carbocycles. The maximum atomic E-state index is 10.3. The molecule has 0 aliphatic rings. The maximum absolute atomic E-state index is 10.3. The molecule has 0 aromatic rings. The predicted octanol–water partition coefficient (Wildman–Crippen LogP) is 2.53. The van der Waals surface area contributed by atoms with Gasteiger partial charge in [-0.1, -0.05) is 103 Å². The molecule has 0 aliphatic heterocycles. The normalized spacial score (nSPS) is 11.4. The molecule has 11 heteroatoms. The first kappa shape index (κ1) is 34.4. The Bertz CT molecular complexity index is 522. The van der Waals surface area contributed by atoms with Gasteiger partial charge in [-0.3, -0.25) is 13.7 Å². The van der Waals surface area contributed by atoms with Crippen molar-refractivity contribution in [1.82, 2.24) is 0 Å². The van der Waals surface area contributed by atoms with E-state index >= 15 is 0 Å². The van der Waals surface area contributed by atoms with Crippen molar-refractivity contribution < 1.29 is 65.7 Å². The molecule has 0 aliphatic carbocycles. The summed E-state index contributed by atoms with van der Waals surface area (Å²) < 4.78 is 64.9. The first-order valence-electron chi connectivity index (χ1n) is 10.4. The number of hydrogen-bond acceptors (Lipinski definition) is 5. The molecule has 0 atom stereocenters. The van der Waals surface area contributed by atoms with Crippen molar-refractivity contribution in [3.63, 3.8) is 0 Å². The van der Waals surface area contributed by atoms with Crippen LogP contribution in [0, 0.1) is 0 Å². The smallest absolute Gasteiger partial charge is 1.00 e. The monoisotopic (exact) mass is 472 g/mol. The molecule has 8 nitrogen and oxygen atoms in total. The standard InChI is InChI=1S/C18H38O4S.Na.H2O4S.H/c1-2-3-4-5-6-7-8-9-10-11-12-13-14-15-16-17-18-22-23(19,20)21;;1-5(2,3)4;/h2-18H2,1H3,(H,19,20,21);;(H2,1,2,3,4);/q;+1;;-1. The van der Waals surface area contributed by atoms with Gasteiger partial charge in [0.05, 0.1) is 6.61 Å². The van der Waals surface area contributed by atoms with Gasteiger partial charge in [0.15, 0.2) is 0 Å². The van der Waals surface area contributed by atoms with Gasteiger partial charge in [0, 0.05) is 0 Å². The largest absolute Gasteiger partial charge is 1.00 e. The van der Waals surface area contributed by atoms with E-state index in [2.05, 4.69) is 11.1 Å². The zero-order chi connectivity index (χ0) is 21.7. The average Bonchev–Trinajstić information content (AvgIpc) is 2.55. The molecule has 0 bridgehead atoms. The van der Waals surface area contributed by atoms with Crippen molar-refractivity contribution in [3.8, 4) is 0 Å². The quantitative estimate of drug-likeness (QED) is 0.157. The summed E-state index contributed by atoms with van der Waals surface area (Å²) in [6, 6.07) is 0. The van der Waals surface area contributed by atoms with Gasteiger partial charge in [0.1, 0.15) is 0 Å². The first-order chi connectivity index (χ1) is 13.1. The third-order valence-corrected chi connectivity index (χ3v) is 4.69. The summed E-state index contributed by atoms with van der Waals surface area (Å²) in [7, 11) is -8.91. The Morgan fingerprint density at radius 3 is 1.07 bits per heavy atom. The molecule has 0 spiro atoms. The minimum absolute atomic E-state index is 0. The topological polar surface area (TPSA) is 138 Å². The van der Waals surface area contributed by atoms with Gasteiger partial charge in [0.25, 0.3) is 0 Å². The van der Waals surface area contributed by atoms with Crippen molar-refractivity contribution >= 4 is 20.8 Å². The molecule has 0 fully saturated rings. The van der Waals surface area contributed by atoms with E-state index in [1.165, 1.54) is 83.5 Å². The summed E-state index contributed by atoms with van der Waals surface area (Å²) in [5.41, 5.74) is 0. The third-order valence-electron chi connectivity index (χ3n) is 4.23. The molecular weight excluding hydrogens is 431 g/mol. The van der Waals surface area contributed by atoms with E-state index in [1.807, 2.05) is 0 Å². The Labute approximate surface area is 201 Å². The van der Waals surface area contributed by atoms with E-state index in [1.54, 1.807) is 0 Å². The molecule has 0 amide bonds. The summed E-state index contributed by atoms with van der Waals surface area (Å²) in [5, 5.41) is 0. The van der Waals surface area contributed by atoms with Gasteiger partial charge in [0.2, 0.25) is 0 Å². The zero-order valence-electron chi connectivity index (χ0n) is 19.2. The van der Waals surface area contributed by atoms with Gasteiger partial charge in [-0.2, -0.15) is 16.8 Å². The molecule has 0 aromatic heterocycles. The van der Waals surface area contributed by atoms with Crippen LogP contribution in [0.2, 0.25) is 0 Å². The van der Waals surface area contributed by atoms with Crippen LogP contribution < -0.4 is 29.6 Å². The van der Waals surface area contributed by atoms with Gasteiger partial charge in [-0.05, 0) is 6.42 Å². The second kappa shape index (κ2) is 23.4. The summed E-state index contributed by atoms with van der Waals surface area (Å²) in [4.78, 5) is 0. The van der Waals surface area contributed by atoms with E-state index in [0.717, 1.165) is 12.8 Å². The SMILES string of the molecule is CCCCCCCCCCCCCCCCCCOS(=O)(=O)O.O=S(=O)(O)O.[H-].[Na+]. The fraction of sp³-hybridized carbons (Fsp3) is 1.00. The van der Waals surface area contributed by atoms with Gasteiger partial charge >= 0.3 is 50.4 Å². The fourth-order valence-corrected chi connectivity index (χ4v) is 3.14.